The highest BCUT2D eigenvalue weighted by Gasteiger charge is 2.09. The monoisotopic (exact) mass is 219 g/mol. The van der Waals surface area contributed by atoms with E-state index in [1.807, 2.05) is 6.07 Å². The second kappa shape index (κ2) is 4.47. The van der Waals surface area contributed by atoms with Crippen LogP contribution >= 0.6 is 0 Å². The number of hydrogen-bond donors (Lipinski definition) is 1. The molecule has 16 heavy (non-hydrogen) atoms. The summed E-state index contributed by atoms with van der Waals surface area (Å²) in [7, 11) is 0. The zero-order valence-electron chi connectivity index (χ0n) is 8.32. The molecule has 7 nitrogen and oxygen atoms in total. The summed E-state index contributed by atoms with van der Waals surface area (Å²) in [4.78, 5) is 14.4. The molecule has 0 bridgehead atoms. The highest BCUT2D eigenvalue weighted by molar-refractivity contribution is 5.66. The van der Waals surface area contributed by atoms with Gasteiger partial charge in [0.25, 0.3) is 0 Å². The van der Waals surface area contributed by atoms with Crippen molar-refractivity contribution in [3.63, 3.8) is 0 Å². The number of carboxylic acid groups (broad SMARTS) is 1. The van der Waals surface area contributed by atoms with E-state index in [4.69, 9.17) is 5.11 Å². The largest absolute Gasteiger partial charge is 0.481 e. The lowest BCUT2D eigenvalue weighted by Crippen LogP contribution is -2.07. The second-order valence-corrected chi connectivity index (χ2v) is 3.11. The molecule has 0 amide bonds. The van der Waals surface area contributed by atoms with Gasteiger partial charge in [0.15, 0.2) is 5.82 Å². The highest BCUT2D eigenvalue weighted by Crippen LogP contribution is 2.13. The Morgan fingerprint density at radius 2 is 2.38 bits per heavy atom. The zero-order valence-corrected chi connectivity index (χ0v) is 8.32. The van der Waals surface area contributed by atoms with E-state index in [9.17, 15) is 4.79 Å². The molecule has 0 radical (unpaired) electrons. The fraction of sp³-hybridized carbons (Fsp3) is 0.222. The number of aromatic nitrogens is 5. The van der Waals surface area contributed by atoms with Gasteiger partial charge in [-0.05, 0) is 22.6 Å². The van der Waals surface area contributed by atoms with E-state index >= 15 is 0 Å². The van der Waals surface area contributed by atoms with Gasteiger partial charge in [0, 0.05) is 18.0 Å². The lowest BCUT2D eigenvalue weighted by atomic mass is 10.3. The average molecular weight is 219 g/mol. The van der Waals surface area contributed by atoms with Crippen molar-refractivity contribution in [2.24, 2.45) is 0 Å². The summed E-state index contributed by atoms with van der Waals surface area (Å²) in [6, 6.07) is 3.58. The number of rotatable bonds is 4. The third-order valence-corrected chi connectivity index (χ3v) is 1.99. The third-order valence-electron chi connectivity index (χ3n) is 1.99. The first-order chi connectivity index (χ1) is 7.77. The smallest absolute Gasteiger partial charge is 0.305 e. The summed E-state index contributed by atoms with van der Waals surface area (Å²) in [5, 5.41) is 19.7. The van der Waals surface area contributed by atoms with Gasteiger partial charge in [-0.15, -0.1) is 5.10 Å². The van der Waals surface area contributed by atoms with E-state index in [1.165, 1.54) is 4.68 Å². The molecule has 0 fully saturated rings. The molecule has 0 aliphatic carbocycles. The molecular weight excluding hydrogens is 210 g/mol. The molecule has 0 aliphatic heterocycles. The zero-order chi connectivity index (χ0) is 11.4. The van der Waals surface area contributed by atoms with Crippen molar-refractivity contribution in [2.75, 3.05) is 0 Å². The number of aliphatic carboxylic acids is 1. The van der Waals surface area contributed by atoms with Gasteiger partial charge in [-0.3, -0.25) is 9.78 Å². The van der Waals surface area contributed by atoms with Crippen molar-refractivity contribution in [3.8, 4) is 11.4 Å². The number of carbonyl (C=O) groups is 1. The Balaban J connectivity index is 2.23. The number of hydrogen-bond acceptors (Lipinski definition) is 5. The number of carboxylic acids is 1. The van der Waals surface area contributed by atoms with E-state index in [-0.39, 0.29) is 13.0 Å². The molecule has 0 spiro atoms. The summed E-state index contributed by atoms with van der Waals surface area (Å²) < 4.78 is 1.45. The Hall–Kier alpha value is -2.31. The van der Waals surface area contributed by atoms with E-state index < -0.39 is 5.97 Å². The van der Waals surface area contributed by atoms with Crippen molar-refractivity contribution in [2.45, 2.75) is 13.0 Å². The van der Waals surface area contributed by atoms with Gasteiger partial charge >= 0.3 is 5.97 Å². The van der Waals surface area contributed by atoms with Crippen LogP contribution in [0, 0.1) is 0 Å². The van der Waals surface area contributed by atoms with Crippen molar-refractivity contribution < 1.29 is 9.90 Å². The first-order valence-corrected chi connectivity index (χ1v) is 4.66. The van der Waals surface area contributed by atoms with E-state index in [0.29, 0.717) is 5.82 Å². The summed E-state index contributed by atoms with van der Waals surface area (Å²) in [6.07, 6.45) is 3.26. The molecule has 0 aliphatic rings. The second-order valence-electron chi connectivity index (χ2n) is 3.11. The maximum absolute atomic E-state index is 10.4. The fourth-order valence-corrected chi connectivity index (χ4v) is 1.26. The van der Waals surface area contributed by atoms with E-state index in [0.717, 1.165) is 5.56 Å². The van der Waals surface area contributed by atoms with Crippen LogP contribution in [0.15, 0.2) is 24.5 Å². The molecule has 2 aromatic rings. The van der Waals surface area contributed by atoms with E-state index in [1.54, 1.807) is 18.5 Å². The Bertz CT molecular complexity index is 482. The number of pyridine rings is 1. The van der Waals surface area contributed by atoms with Crippen LogP contribution < -0.4 is 0 Å². The Labute approximate surface area is 90.7 Å². The van der Waals surface area contributed by atoms with Gasteiger partial charge in [0.2, 0.25) is 0 Å². The minimum Gasteiger partial charge on any atom is -0.481 e. The third kappa shape index (κ3) is 2.19. The molecule has 0 saturated heterocycles. The van der Waals surface area contributed by atoms with Crippen LogP contribution in [0.25, 0.3) is 11.4 Å². The lowest BCUT2D eigenvalue weighted by Gasteiger charge is -2.01. The maximum atomic E-state index is 10.4. The van der Waals surface area contributed by atoms with Gasteiger partial charge in [-0.25, -0.2) is 4.68 Å². The molecule has 2 heterocycles. The highest BCUT2D eigenvalue weighted by atomic mass is 16.4. The van der Waals surface area contributed by atoms with Crippen LogP contribution in [0.2, 0.25) is 0 Å². The summed E-state index contributed by atoms with van der Waals surface area (Å²) >= 11 is 0. The fourth-order valence-electron chi connectivity index (χ4n) is 1.26. The van der Waals surface area contributed by atoms with Crippen LogP contribution in [-0.2, 0) is 11.3 Å². The van der Waals surface area contributed by atoms with Crippen LogP contribution in [0.4, 0.5) is 0 Å². The van der Waals surface area contributed by atoms with Gasteiger partial charge in [0.1, 0.15) is 0 Å². The van der Waals surface area contributed by atoms with Gasteiger partial charge < -0.3 is 5.11 Å². The first kappa shape index (κ1) is 10.2. The van der Waals surface area contributed by atoms with E-state index in [2.05, 4.69) is 20.5 Å². The molecule has 0 saturated carbocycles. The van der Waals surface area contributed by atoms with Crippen LogP contribution in [0.3, 0.4) is 0 Å². The SMILES string of the molecule is O=C(O)CCn1nnnc1-c1cccnc1. The predicted octanol–water partition coefficient (Wildman–Crippen LogP) is 0.210. The normalized spacial score (nSPS) is 10.2. The average Bonchev–Trinajstić information content (AvgIpc) is 2.75. The minimum atomic E-state index is -0.882. The van der Waals surface area contributed by atoms with Gasteiger partial charge in [-0.2, -0.15) is 0 Å². The number of nitrogens with zero attached hydrogens (tertiary/aromatic N) is 5. The Morgan fingerprint density at radius 3 is 3.06 bits per heavy atom. The van der Waals surface area contributed by atoms with Crippen molar-refractivity contribution in [1.29, 1.82) is 0 Å². The molecule has 0 atom stereocenters. The lowest BCUT2D eigenvalue weighted by molar-refractivity contribution is -0.137. The molecule has 0 aromatic carbocycles. The summed E-state index contributed by atoms with van der Waals surface area (Å²) in [5.41, 5.74) is 0.762. The molecule has 2 rings (SSSR count). The number of aryl methyl sites for hydroxylation is 1. The topological polar surface area (TPSA) is 93.8 Å². The maximum Gasteiger partial charge on any atom is 0.305 e. The first-order valence-electron chi connectivity index (χ1n) is 4.66. The summed E-state index contributed by atoms with van der Waals surface area (Å²) in [5.74, 6) is -0.359. The predicted molar refractivity (Wildman–Crippen MR) is 53.3 cm³/mol. The standard InChI is InChI=1S/C9H9N5O2/c15-8(16)3-5-14-9(11-12-13-14)7-2-1-4-10-6-7/h1-2,4,6H,3,5H2,(H,15,16). The van der Waals surface area contributed by atoms with Gasteiger partial charge in [0.05, 0.1) is 13.0 Å². The van der Waals surface area contributed by atoms with Crippen molar-refractivity contribution in [1.82, 2.24) is 25.2 Å². The molecular formula is C9H9N5O2. The minimum absolute atomic E-state index is 0.0156. The number of tetrazole rings is 1. The molecule has 1 N–H and O–H groups in total. The van der Waals surface area contributed by atoms with Gasteiger partial charge in [-0.1, -0.05) is 0 Å². The van der Waals surface area contributed by atoms with Crippen molar-refractivity contribution >= 4 is 5.97 Å². The van der Waals surface area contributed by atoms with Crippen molar-refractivity contribution in [3.05, 3.63) is 24.5 Å². The quantitative estimate of drug-likeness (QED) is 0.789. The summed E-state index contributed by atoms with van der Waals surface area (Å²) in [6.45, 7) is 0.243. The Kier molecular flexibility index (Phi) is 2.86. The molecule has 82 valence electrons. The molecule has 2 aromatic heterocycles. The van der Waals surface area contributed by atoms with Crippen LogP contribution in [0.1, 0.15) is 6.42 Å². The van der Waals surface area contributed by atoms with Crippen LogP contribution in [-0.4, -0.2) is 36.3 Å². The van der Waals surface area contributed by atoms with Crippen LogP contribution in [0.5, 0.6) is 0 Å². The molecule has 7 heteroatoms. The molecule has 0 unspecified atom stereocenters. The Morgan fingerprint density at radius 1 is 1.50 bits per heavy atom.